The van der Waals surface area contributed by atoms with Gasteiger partial charge in [0.25, 0.3) is 5.91 Å². The molecule has 27 heavy (non-hydrogen) atoms. The summed E-state index contributed by atoms with van der Waals surface area (Å²) in [5.74, 6) is -0.322. The van der Waals surface area contributed by atoms with Crippen molar-refractivity contribution in [3.05, 3.63) is 65.2 Å². The highest BCUT2D eigenvalue weighted by Gasteiger charge is 2.30. The van der Waals surface area contributed by atoms with Crippen LogP contribution in [-0.4, -0.2) is 42.6 Å². The number of ketones is 2. The van der Waals surface area contributed by atoms with Gasteiger partial charge in [0.1, 0.15) is 5.75 Å². The molecule has 1 amide bonds. The molecule has 0 saturated carbocycles. The molecular weight excluding hydrogens is 342 g/mol. The number of likely N-dealkylation sites (tertiary alicyclic amines) is 1. The number of piperidine rings is 1. The van der Waals surface area contributed by atoms with Gasteiger partial charge in [0.05, 0.1) is 7.11 Å². The van der Waals surface area contributed by atoms with E-state index in [0.29, 0.717) is 42.8 Å². The molecule has 1 heterocycles. The van der Waals surface area contributed by atoms with Crippen LogP contribution >= 0.6 is 0 Å². The summed E-state index contributed by atoms with van der Waals surface area (Å²) in [5.41, 5.74) is 2.09. The van der Waals surface area contributed by atoms with Crippen LogP contribution in [0.15, 0.2) is 48.5 Å². The standard InChI is InChI=1S/C22H23NO4/c1-15-3-5-17(6-4-15)21(25)22(26)23-13-11-18(12-14-23)20(24)16-7-9-19(27-2)10-8-16/h3-10,18H,11-14H2,1-2H3. The van der Waals surface area contributed by atoms with Crippen LogP contribution in [0.5, 0.6) is 5.75 Å². The van der Waals surface area contributed by atoms with Crippen LogP contribution in [-0.2, 0) is 4.79 Å². The molecule has 0 atom stereocenters. The first-order valence-electron chi connectivity index (χ1n) is 9.08. The number of amides is 1. The lowest BCUT2D eigenvalue weighted by Crippen LogP contribution is -2.43. The third-order valence-electron chi connectivity index (χ3n) is 5.04. The van der Waals surface area contributed by atoms with Crippen LogP contribution in [0.1, 0.15) is 39.1 Å². The zero-order valence-electron chi connectivity index (χ0n) is 15.6. The van der Waals surface area contributed by atoms with E-state index in [1.165, 1.54) is 0 Å². The fraction of sp³-hybridized carbons (Fsp3) is 0.318. The Labute approximate surface area is 158 Å². The van der Waals surface area contributed by atoms with Crippen molar-refractivity contribution in [1.82, 2.24) is 4.90 Å². The number of ether oxygens (including phenoxy) is 1. The molecule has 0 N–H and O–H groups in total. The largest absolute Gasteiger partial charge is 0.497 e. The zero-order valence-corrected chi connectivity index (χ0v) is 15.6. The first-order chi connectivity index (χ1) is 13.0. The molecule has 2 aromatic rings. The summed E-state index contributed by atoms with van der Waals surface area (Å²) in [7, 11) is 1.58. The third-order valence-corrected chi connectivity index (χ3v) is 5.04. The van der Waals surface area contributed by atoms with E-state index < -0.39 is 11.7 Å². The van der Waals surface area contributed by atoms with Gasteiger partial charge in [-0.2, -0.15) is 0 Å². The van der Waals surface area contributed by atoms with E-state index in [4.69, 9.17) is 4.74 Å². The molecule has 1 fully saturated rings. The molecule has 2 aromatic carbocycles. The summed E-state index contributed by atoms with van der Waals surface area (Å²) >= 11 is 0. The molecule has 140 valence electrons. The van der Waals surface area contributed by atoms with Crippen molar-refractivity contribution >= 4 is 17.5 Å². The van der Waals surface area contributed by atoms with Gasteiger partial charge in [0.2, 0.25) is 5.78 Å². The van der Waals surface area contributed by atoms with Gasteiger partial charge in [-0.3, -0.25) is 14.4 Å². The highest BCUT2D eigenvalue weighted by molar-refractivity contribution is 6.42. The van der Waals surface area contributed by atoms with Crippen LogP contribution in [0.25, 0.3) is 0 Å². The average molecular weight is 365 g/mol. The molecule has 0 unspecified atom stereocenters. The zero-order chi connectivity index (χ0) is 19.4. The van der Waals surface area contributed by atoms with Crippen molar-refractivity contribution < 1.29 is 19.1 Å². The molecule has 0 spiro atoms. The lowest BCUT2D eigenvalue weighted by molar-refractivity contribution is -0.127. The second kappa shape index (κ2) is 8.16. The molecule has 5 nitrogen and oxygen atoms in total. The van der Waals surface area contributed by atoms with Crippen molar-refractivity contribution in [2.75, 3.05) is 20.2 Å². The number of methoxy groups -OCH3 is 1. The van der Waals surface area contributed by atoms with Crippen molar-refractivity contribution in [1.29, 1.82) is 0 Å². The second-order valence-electron chi connectivity index (χ2n) is 6.85. The minimum atomic E-state index is -0.491. The van der Waals surface area contributed by atoms with Gasteiger partial charge in [0, 0.05) is 30.1 Å². The Morgan fingerprint density at radius 1 is 0.889 bits per heavy atom. The first kappa shape index (κ1) is 18.8. The molecule has 5 heteroatoms. The Bertz CT molecular complexity index is 832. The normalized spacial score (nSPS) is 14.7. The maximum Gasteiger partial charge on any atom is 0.294 e. The van der Waals surface area contributed by atoms with Crippen molar-refractivity contribution in [3.63, 3.8) is 0 Å². The summed E-state index contributed by atoms with van der Waals surface area (Å²) in [6.45, 7) is 2.77. The SMILES string of the molecule is COc1ccc(C(=O)C2CCN(C(=O)C(=O)c3ccc(C)cc3)CC2)cc1. The number of carbonyl (C=O) groups excluding carboxylic acids is 3. The Morgan fingerprint density at radius 2 is 1.44 bits per heavy atom. The van der Waals surface area contributed by atoms with Gasteiger partial charge >= 0.3 is 0 Å². The van der Waals surface area contributed by atoms with Crippen molar-refractivity contribution in [3.8, 4) is 5.75 Å². The molecule has 0 aliphatic carbocycles. The Morgan fingerprint density at radius 3 is 2.00 bits per heavy atom. The molecular formula is C22H23NO4. The summed E-state index contributed by atoms with van der Waals surface area (Å²) in [5, 5.41) is 0. The van der Waals surface area contributed by atoms with Crippen LogP contribution in [0, 0.1) is 12.8 Å². The third kappa shape index (κ3) is 4.25. The van der Waals surface area contributed by atoms with Gasteiger partial charge in [-0.25, -0.2) is 0 Å². The van der Waals surface area contributed by atoms with Gasteiger partial charge in [0.15, 0.2) is 5.78 Å². The average Bonchev–Trinajstić information content (AvgIpc) is 2.73. The number of benzene rings is 2. The summed E-state index contributed by atoms with van der Waals surface area (Å²) in [6.07, 6.45) is 1.13. The van der Waals surface area contributed by atoms with E-state index in [0.717, 1.165) is 5.56 Å². The number of hydrogen-bond donors (Lipinski definition) is 0. The molecule has 3 rings (SSSR count). The van der Waals surface area contributed by atoms with E-state index in [9.17, 15) is 14.4 Å². The lowest BCUT2D eigenvalue weighted by atomic mass is 9.88. The van der Waals surface area contributed by atoms with Gasteiger partial charge < -0.3 is 9.64 Å². The minimum Gasteiger partial charge on any atom is -0.497 e. The first-order valence-corrected chi connectivity index (χ1v) is 9.08. The fourth-order valence-electron chi connectivity index (χ4n) is 3.31. The number of aryl methyl sites for hydroxylation is 1. The Hall–Kier alpha value is -2.95. The molecule has 0 bridgehead atoms. The predicted molar refractivity (Wildman–Crippen MR) is 102 cm³/mol. The van der Waals surface area contributed by atoms with E-state index in [-0.39, 0.29) is 11.7 Å². The predicted octanol–water partition coefficient (Wildman–Crippen LogP) is 3.31. The number of nitrogens with zero attached hydrogens (tertiary/aromatic N) is 1. The summed E-state index contributed by atoms with van der Waals surface area (Å²) in [4.78, 5) is 39.1. The molecule has 0 aromatic heterocycles. The fourth-order valence-corrected chi connectivity index (χ4v) is 3.31. The Balaban J connectivity index is 1.59. The summed E-state index contributed by atoms with van der Waals surface area (Å²) < 4.78 is 5.11. The van der Waals surface area contributed by atoms with E-state index >= 15 is 0 Å². The highest BCUT2D eigenvalue weighted by Crippen LogP contribution is 2.23. The number of hydrogen-bond acceptors (Lipinski definition) is 4. The van der Waals surface area contributed by atoms with Crippen LogP contribution < -0.4 is 4.74 Å². The summed E-state index contributed by atoms with van der Waals surface area (Å²) in [6, 6.07) is 14.1. The molecule has 1 saturated heterocycles. The highest BCUT2D eigenvalue weighted by atomic mass is 16.5. The number of rotatable bonds is 5. The Kier molecular flexibility index (Phi) is 5.69. The molecule has 1 aliphatic rings. The van der Waals surface area contributed by atoms with Gasteiger partial charge in [-0.1, -0.05) is 29.8 Å². The van der Waals surface area contributed by atoms with Gasteiger partial charge in [-0.15, -0.1) is 0 Å². The number of Topliss-reactive ketones (excluding diaryl/α,β-unsaturated/α-hetero) is 2. The molecule has 1 aliphatic heterocycles. The lowest BCUT2D eigenvalue weighted by Gasteiger charge is -2.31. The monoisotopic (exact) mass is 365 g/mol. The van der Waals surface area contributed by atoms with E-state index in [2.05, 4.69) is 0 Å². The quantitative estimate of drug-likeness (QED) is 0.602. The van der Waals surface area contributed by atoms with Crippen LogP contribution in [0.2, 0.25) is 0 Å². The smallest absolute Gasteiger partial charge is 0.294 e. The maximum atomic E-state index is 12.7. The van der Waals surface area contributed by atoms with E-state index in [1.54, 1.807) is 48.4 Å². The maximum absolute atomic E-state index is 12.7. The van der Waals surface area contributed by atoms with E-state index in [1.807, 2.05) is 19.1 Å². The van der Waals surface area contributed by atoms with Crippen molar-refractivity contribution in [2.45, 2.75) is 19.8 Å². The molecule has 0 radical (unpaired) electrons. The second-order valence-corrected chi connectivity index (χ2v) is 6.85. The topological polar surface area (TPSA) is 63.7 Å². The minimum absolute atomic E-state index is 0.0783. The number of carbonyl (C=O) groups is 3. The van der Waals surface area contributed by atoms with Crippen LogP contribution in [0.4, 0.5) is 0 Å². The van der Waals surface area contributed by atoms with Gasteiger partial charge in [-0.05, 0) is 44.0 Å². The van der Waals surface area contributed by atoms with Crippen LogP contribution in [0.3, 0.4) is 0 Å². The van der Waals surface area contributed by atoms with Crippen molar-refractivity contribution in [2.24, 2.45) is 5.92 Å².